The van der Waals surface area contributed by atoms with Crippen LogP contribution in [0.3, 0.4) is 0 Å². The highest BCUT2D eigenvalue weighted by atomic mass is 35.5. The predicted molar refractivity (Wildman–Crippen MR) is 94.0 cm³/mol. The number of ether oxygens (including phenoxy) is 1. The molecule has 2 aromatic rings. The Kier molecular flexibility index (Phi) is 6.76. The van der Waals surface area contributed by atoms with E-state index in [0.717, 1.165) is 11.1 Å². The lowest BCUT2D eigenvalue weighted by Crippen LogP contribution is -2.30. The van der Waals surface area contributed by atoms with E-state index >= 15 is 0 Å². The number of halogens is 3. The zero-order valence-corrected chi connectivity index (χ0v) is 14.8. The quantitative estimate of drug-likeness (QED) is 0.681. The van der Waals surface area contributed by atoms with E-state index in [1.165, 1.54) is 12.1 Å². The van der Waals surface area contributed by atoms with Gasteiger partial charge in [-0.25, -0.2) is 0 Å². The van der Waals surface area contributed by atoms with Crippen LogP contribution in [-0.2, 0) is 11.2 Å². The SMILES string of the molecule is CC(c1ccccc1Cl)N(C)C(=O)CCc1ccc(OC(F)F)cc1. The lowest BCUT2D eigenvalue weighted by Gasteiger charge is -2.26. The first-order valence-corrected chi connectivity index (χ1v) is 8.30. The number of hydrogen-bond acceptors (Lipinski definition) is 2. The predicted octanol–water partition coefficient (Wildman–Crippen LogP) is 5.09. The van der Waals surface area contributed by atoms with Crippen molar-refractivity contribution < 1.29 is 18.3 Å². The molecule has 25 heavy (non-hydrogen) atoms. The van der Waals surface area contributed by atoms with Gasteiger partial charge in [0.25, 0.3) is 0 Å². The Hall–Kier alpha value is -2.14. The van der Waals surface area contributed by atoms with Gasteiger partial charge in [0.2, 0.25) is 5.91 Å². The largest absolute Gasteiger partial charge is 0.435 e. The van der Waals surface area contributed by atoms with Crippen molar-refractivity contribution >= 4 is 17.5 Å². The molecule has 0 aliphatic heterocycles. The van der Waals surface area contributed by atoms with Crippen LogP contribution in [0.5, 0.6) is 5.75 Å². The second-order valence-corrected chi connectivity index (χ2v) is 6.13. The molecule has 0 aliphatic carbocycles. The van der Waals surface area contributed by atoms with Crippen LogP contribution in [0, 0.1) is 0 Å². The maximum atomic E-state index is 12.4. The van der Waals surface area contributed by atoms with Gasteiger partial charge in [0.15, 0.2) is 0 Å². The summed E-state index contributed by atoms with van der Waals surface area (Å²) in [6.07, 6.45) is 0.841. The molecule has 0 saturated carbocycles. The molecule has 0 bridgehead atoms. The standard InChI is InChI=1S/C19H20ClF2NO2/c1-13(16-5-3-4-6-17(16)20)23(2)18(24)12-9-14-7-10-15(11-8-14)25-19(21)22/h3-8,10-11,13,19H,9,12H2,1-2H3. The number of carbonyl (C=O) groups is 1. The highest BCUT2D eigenvalue weighted by molar-refractivity contribution is 6.31. The molecule has 0 saturated heterocycles. The summed E-state index contributed by atoms with van der Waals surface area (Å²) < 4.78 is 28.6. The first-order valence-electron chi connectivity index (χ1n) is 7.92. The molecule has 3 nitrogen and oxygen atoms in total. The Bertz CT molecular complexity index is 707. The third kappa shape index (κ3) is 5.43. The third-order valence-corrected chi connectivity index (χ3v) is 4.45. The summed E-state index contributed by atoms with van der Waals surface area (Å²) in [6.45, 7) is -0.914. The summed E-state index contributed by atoms with van der Waals surface area (Å²) >= 11 is 6.19. The van der Waals surface area contributed by atoms with E-state index in [0.29, 0.717) is 17.9 Å². The highest BCUT2D eigenvalue weighted by Crippen LogP contribution is 2.26. The minimum Gasteiger partial charge on any atom is -0.435 e. The normalized spacial score (nSPS) is 12.1. The molecular weight excluding hydrogens is 348 g/mol. The van der Waals surface area contributed by atoms with E-state index in [9.17, 15) is 13.6 Å². The van der Waals surface area contributed by atoms with Gasteiger partial charge in [-0.1, -0.05) is 41.9 Å². The number of hydrogen-bond donors (Lipinski definition) is 0. The average molecular weight is 368 g/mol. The van der Waals surface area contributed by atoms with Gasteiger partial charge in [0.05, 0.1) is 6.04 Å². The molecule has 1 unspecified atom stereocenters. The molecule has 6 heteroatoms. The van der Waals surface area contributed by atoms with E-state index < -0.39 is 6.61 Å². The van der Waals surface area contributed by atoms with Crippen LogP contribution in [0.25, 0.3) is 0 Å². The van der Waals surface area contributed by atoms with Gasteiger partial charge in [-0.3, -0.25) is 4.79 Å². The van der Waals surface area contributed by atoms with E-state index in [4.69, 9.17) is 11.6 Å². The van der Waals surface area contributed by atoms with E-state index in [-0.39, 0.29) is 17.7 Å². The van der Waals surface area contributed by atoms with Crippen LogP contribution < -0.4 is 4.74 Å². The molecule has 2 rings (SSSR count). The number of rotatable bonds is 7. The minimum absolute atomic E-state index is 0.0136. The number of aryl methyl sites for hydroxylation is 1. The van der Waals surface area contributed by atoms with Crippen LogP contribution in [-0.4, -0.2) is 24.5 Å². The fourth-order valence-electron chi connectivity index (χ4n) is 2.50. The lowest BCUT2D eigenvalue weighted by atomic mass is 10.1. The summed E-state index contributed by atoms with van der Waals surface area (Å²) in [5.74, 6) is 0.0925. The summed E-state index contributed by atoms with van der Waals surface area (Å²) in [5.41, 5.74) is 1.78. The van der Waals surface area contributed by atoms with Crippen molar-refractivity contribution in [1.29, 1.82) is 0 Å². The fourth-order valence-corrected chi connectivity index (χ4v) is 2.80. The Morgan fingerprint density at radius 1 is 1.16 bits per heavy atom. The summed E-state index contributed by atoms with van der Waals surface area (Å²) in [7, 11) is 1.75. The number of nitrogens with zero attached hydrogens (tertiary/aromatic N) is 1. The van der Waals surface area contributed by atoms with Gasteiger partial charge in [0, 0.05) is 18.5 Å². The highest BCUT2D eigenvalue weighted by Gasteiger charge is 2.19. The molecule has 0 radical (unpaired) electrons. The van der Waals surface area contributed by atoms with Gasteiger partial charge in [-0.2, -0.15) is 8.78 Å². The topological polar surface area (TPSA) is 29.5 Å². The van der Waals surface area contributed by atoms with Gasteiger partial charge in [-0.05, 0) is 42.7 Å². The molecule has 1 amide bonds. The monoisotopic (exact) mass is 367 g/mol. The minimum atomic E-state index is -2.84. The van der Waals surface area contributed by atoms with Crippen molar-refractivity contribution in [3.63, 3.8) is 0 Å². The molecule has 0 fully saturated rings. The van der Waals surface area contributed by atoms with Crippen LogP contribution in [0.1, 0.15) is 30.5 Å². The molecule has 134 valence electrons. The molecule has 0 aromatic heterocycles. The van der Waals surface area contributed by atoms with Crippen molar-refractivity contribution in [3.8, 4) is 5.75 Å². The maximum absolute atomic E-state index is 12.4. The van der Waals surface area contributed by atoms with Crippen molar-refractivity contribution in [2.24, 2.45) is 0 Å². The first kappa shape index (κ1) is 19.2. The van der Waals surface area contributed by atoms with E-state index in [2.05, 4.69) is 4.74 Å². The van der Waals surface area contributed by atoms with E-state index in [1.807, 2.05) is 25.1 Å². The number of amides is 1. The van der Waals surface area contributed by atoms with Crippen molar-refractivity contribution in [2.45, 2.75) is 32.4 Å². The third-order valence-electron chi connectivity index (χ3n) is 4.11. The number of carbonyl (C=O) groups excluding carboxylic acids is 1. The number of alkyl halides is 2. The number of benzene rings is 2. The smallest absolute Gasteiger partial charge is 0.387 e. The van der Waals surface area contributed by atoms with Crippen LogP contribution in [0.15, 0.2) is 48.5 Å². The van der Waals surface area contributed by atoms with Gasteiger partial charge < -0.3 is 9.64 Å². The second kappa shape index (κ2) is 8.81. The van der Waals surface area contributed by atoms with Crippen molar-refractivity contribution in [3.05, 3.63) is 64.7 Å². The Balaban J connectivity index is 1.92. The summed E-state index contributed by atoms with van der Waals surface area (Å²) in [5, 5.41) is 0.629. The lowest BCUT2D eigenvalue weighted by molar-refractivity contribution is -0.131. The first-order chi connectivity index (χ1) is 11.9. The second-order valence-electron chi connectivity index (χ2n) is 5.72. The molecule has 2 aromatic carbocycles. The van der Waals surface area contributed by atoms with Crippen LogP contribution >= 0.6 is 11.6 Å². The summed E-state index contributed by atoms with van der Waals surface area (Å²) in [4.78, 5) is 14.1. The van der Waals surface area contributed by atoms with Crippen molar-refractivity contribution in [1.82, 2.24) is 4.90 Å². The summed E-state index contributed by atoms with van der Waals surface area (Å²) in [6, 6.07) is 13.6. The Morgan fingerprint density at radius 2 is 1.80 bits per heavy atom. The molecular formula is C19H20ClF2NO2. The zero-order chi connectivity index (χ0) is 18.4. The van der Waals surface area contributed by atoms with Gasteiger partial charge in [0.1, 0.15) is 5.75 Å². The molecule has 0 N–H and O–H groups in total. The Morgan fingerprint density at radius 3 is 2.40 bits per heavy atom. The van der Waals surface area contributed by atoms with Crippen LogP contribution in [0.4, 0.5) is 8.78 Å². The zero-order valence-electron chi connectivity index (χ0n) is 14.1. The van der Waals surface area contributed by atoms with Crippen molar-refractivity contribution in [2.75, 3.05) is 7.05 Å². The Labute approximate surface area is 151 Å². The van der Waals surface area contributed by atoms with Gasteiger partial charge >= 0.3 is 6.61 Å². The molecule has 1 atom stereocenters. The molecule has 0 spiro atoms. The fraction of sp³-hybridized carbons (Fsp3) is 0.316. The average Bonchev–Trinajstić information content (AvgIpc) is 2.59. The van der Waals surface area contributed by atoms with Crippen LogP contribution in [0.2, 0.25) is 5.02 Å². The van der Waals surface area contributed by atoms with E-state index in [1.54, 1.807) is 30.1 Å². The maximum Gasteiger partial charge on any atom is 0.387 e. The van der Waals surface area contributed by atoms with Gasteiger partial charge in [-0.15, -0.1) is 0 Å². The molecule has 0 aliphatic rings. The molecule has 0 heterocycles.